The minimum absolute atomic E-state index is 0.430. The second-order valence-corrected chi connectivity index (χ2v) is 9.58. The summed E-state index contributed by atoms with van der Waals surface area (Å²) in [7, 11) is 1.77. The van der Waals surface area contributed by atoms with Crippen LogP contribution in [0.1, 0.15) is 129 Å². The van der Waals surface area contributed by atoms with Gasteiger partial charge in [-0.2, -0.15) is 0 Å². The molecule has 1 unspecified atom stereocenters. The first-order chi connectivity index (χ1) is 14.1. The van der Waals surface area contributed by atoms with Crippen molar-refractivity contribution in [2.75, 3.05) is 7.11 Å². The Balaban J connectivity index is 2.46. The van der Waals surface area contributed by atoms with E-state index in [9.17, 15) is 0 Å². The van der Waals surface area contributed by atoms with Crippen molar-refractivity contribution in [3.05, 3.63) is 29.8 Å². The topological polar surface area (TPSA) is 9.23 Å². The lowest BCUT2D eigenvalue weighted by molar-refractivity contribution is 0.248. The summed E-state index contributed by atoms with van der Waals surface area (Å²) in [6.45, 7) is 7.14. The predicted molar refractivity (Wildman–Crippen MR) is 130 cm³/mol. The second-order valence-electron chi connectivity index (χ2n) is 9.58. The molecule has 0 aromatic heterocycles. The molecule has 0 saturated carbocycles. The van der Waals surface area contributed by atoms with E-state index in [1.165, 1.54) is 115 Å². The number of benzene rings is 1. The van der Waals surface area contributed by atoms with E-state index in [2.05, 4.69) is 45.0 Å². The maximum atomic E-state index is 5.46. The summed E-state index contributed by atoms with van der Waals surface area (Å²) >= 11 is 0. The van der Waals surface area contributed by atoms with Gasteiger partial charge in [0.2, 0.25) is 0 Å². The van der Waals surface area contributed by atoms with Crippen molar-refractivity contribution in [2.45, 2.75) is 130 Å². The van der Waals surface area contributed by atoms with Gasteiger partial charge in [-0.15, -0.1) is 0 Å². The van der Waals surface area contributed by atoms with Gasteiger partial charge in [-0.25, -0.2) is 0 Å². The molecule has 0 fully saturated rings. The molecule has 0 aliphatic heterocycles. The SMILES string of the molecule is CCCCCCCCCCC(C)(CCCCCCCC)Cc1cccc(OC)c1. The molecule has 1 aromatic rings. The third-order valence-corrected chi connectivity index (χ3v) is 6.53. The zero-order chi connectivity index (χ0) is 21.2. The lowest BCUT2D eigenvalue weighted by Gasteiger charge is -2.30. The highest BCUT2D eigenvalue weighted by Gasteiger charge is 2.24. The highest BCUT2D eigenvalue weighted by Crippen LogP contribution is 2.36. The molecular formula is C28H50O. The van der Waals surface area contributed by atoms with Crippen molar-refractivity contribution in [3.63, 3.8) is 0 Å². The Morgan fingerprint density at radius 1 is 0.690 bits per heavy atom. The first-order valence-electron chi connectivity index (χ1n) is 12.8. The van der Waals surface area contributed by atoms with Crippen LogP contribution >= 0.6 is 0 Å². The summed E-state index contributed by atoms with van der Waals surface area (Å²) in [4.78, 5) is 0. The number of ether oxygens (including phenoxy) is 1. The van der Waals surface area contributed by atoms with Crippen LogP contribution in [0.2, 0.25) is 0 Å². The summed E-state index contributed by atoms with van der Waals surface area (Å²) < 4.78 is 5.46. The maximum absolute atomic E-state index is 5.46. The zero-order valence-corrected chi connectivity index (χ0v) is 20.2. The van der Waals surface area contributed by atoms with Crippen LogP contribution in [0, 0.1) is 5.41 Å². The van der Waals surface area contributed by atoms with E-state index in [0.717, 1.165) is 5.75 Å². The van der Waals surface area contributed by atoms with Crippen molar-refractivity contribution in [2.24, 2.45) is 5.41 Å². The molecule has 1 heteroatoms. The molecule has 0 N–H and O–H groups in total. The fourth-order valence-electron chi connectivity index (χ4n) is 4.59. The van der Waals surface area contributed by atoms with Crippen molar-refractivity contribution in [3.8, 4) is 5.75 Å². The number of methoxy groups -OCH3 is 1. The van der Waals surface area contributed by atoms with Gasteiger partial charge in [-0.1, -0.05) is 123 Å². The molecule has 1 atom stereocenters. The summed E-state index contributed by atoms with van der Waals surface area (Å²) in [5.41, 5.74) is 1.87. The van der Waals surface area contributed by atoms with Gasteiger partial charge in [-0.05, 0) is 42.4 Å². The van der Waals surface area contributed by atoms with Gasteiger partial charge >= 0.3 is 0 Å². The Hall–Kier alpha value is -0.980. The molecule has 0 heterocycles. The Bertz CT molecular complexity index is 495. The predicted octanol–water partition coefficient (Wildman–Crippen LogP) is 9.53. The fraction of sp³-hybridized carbons (Fsp3) is 0.786. The third-order valence-electron chi connectivity index (χ3n) is 6.53. The van der Waals surface area contributed by atoms with Crippen molar-refractivity contribution in [1.29, 1.82) is 0 Å². The van der Waals surface area contributed by atoms with Gasteiger partial charge < -0.3 is 4.74 Å². The molecule has 1 aromatic carbocycles. The number of unbranched alkanes of at least 4 members (excludes halogenated alkanes) is 12. The highest BCUT2D eigenvalue weighted by molar-refractivity contribution is 5.29. The van der Waals surface area contributed by atoms with E-state index in [0.29, 0.717) is 5.41 Å². The normalized spacial score (nSPS) is 13.4. The van der Waals surface area contributed by atoms with Gasteiger partial charge in [-0.3, -0.25) is 0 Å². The first kappa shape index (κ1) is 26.1. The summed E-state index contributed by atoms with van der Waals surface area (Å²) in [6.07, 6.45) is 23.6. The Kier molecular flexibility index (Phi) is 15.1. The van der Waals surface area contributed by atoms with Gasteiger partial charge in [0, 0.05) is 0 Å². The second kappa shape index (κ2) is 16.8. The molecular weight excluding hydrogens is 352 g/mol. The van der Waals surface area contributed by atoms with Gasteiger partial charge in [0.15, 0.2) is 0 Å². The molecule has 0 spiro atoms. The van der Waals surface area contributed by atoms with Crippen LogP contribution in [-0.4, -0.2) is 7.11 Å². The lowest BCUT2D eigenvalue weighted by Crippen LogP contribution is -2.20. The van der Waals surface area contributed by atoms with Crippen LogP contribution in [0.3, 0.4) is 0 Å². The van der Waals surface area contributed by atoms with E-state index in [1.807, 2.05) is 0 Å². The van der Waals surface area contributed by atoms with Gasteiger partial charge in [0.05, 0.1) is 7.11 Å². The molecule has 0 bridgehead atoms. The molecule has 0 radical (unpaired) electrons. The molecule has 0 saturated heterocycles. The average molecular weight is 403 g/mol. The zero-order valence-electron chi connectivity index (χ0n) is 20.2. The Morgan fingerprint density at radius 3 is 1.66 bits per heavy atom. The highest BCUT2D eigenvalue weighted by atomic mass is 16.5. The van der Waals surface area contributed by atoms with Crippen LogP contribution in [-0.2, 0) is 6.42 Å². The van der Waals surface area contributed by atoms with Crippen molar-refractivity contribution >= 4 is 0 Å². The van der Waals surface area contributed by atoms with Crippen molar-refractivity contribution < 1.29 is 4.74 Å². The number of hydrogen-bond donors (Lipinski definition) is 0. The molecule has 1 rings (SSSR count). The van der Waals surface area contributed by atoms with Crippen LogP contribution in [0.5, 0.6) is 5.75 Å². The fourth-order valence-corrected chi connectivity index (χ4v) is 4.59. The van der Waals surface area contributed by atoms with Crippen LogP contribution < -0.4 is 4.74 Å². The maximum Gasteiger partial charge on any atom is 0.119 e. The summed E-state index contributed by atoms with van der Waals surface area (Å²) in [6, 6.07) is 8.74. The lowest BCUT2D eigenvalue weighted by atomic mass is 9.75. The van der Waals surface area contributed by atoms with Crippen LogP contribution in [0.4, 0.5) is 0 Å². The minimum atomic E-state index is 0.430. The van der Waals surface area contributed by atoms with Gasteiger partial charge in [0.1, 0.15) is 5.75 Å². The van der Waals surface area contributed by atoms with Crippen LogP contribution in [0.25, 0.3) is 0 Å². The smallest absolute Gasteiger partial charge is 0.119 e. The van der Waals surface area contributed by atoms with Crippen LogP contribution in [0.15, 0.2) is 24.3 Å². The average Bonchev–Trinajstić information content (AvgIpc) is 2.72. The van der Waals surface area contributed by atoms with E-state index < -0.39 is 0 Å². The quantitative estimate of drug-likeness (QED) is 0.209. The largest absolute Gasteiger partial charge is 0.497 e. The Labute approximate surface area is 183 Å². The molecule has 0 amide bonds. The van der Waals surface area contributed by atoms with Crippen molar-refractivity contribution in [1.82, 2.24) is 0 Å². The number of rotatable bonds is 19. The molecule has 0 aliphatic rings. The van der Waals surface area contributed by atoms with E-state index in [4.69, 9.17) is 4.74 Å². The molecule has 29 heavy (non-hydrogen) atoms. The first-order valence-corrected chi connectivity index (χ1v) is 12.8. The third kappa shape index (κ3) is 13.0. The monoisotopic (exact) mass is 402 g/mol. The Morgan fingerprint density at radius 2 is 1.17 bits per heavy atom. The summed E-state index contributed by atoms with van der Waals surface area (Å²) in [5.74, 6) is 0.997. The number of hydrogen-bond acceptors (Lipinski definition) is 1. The minimum Gasteiger partial charge on any atom is -0.497 e. The van der Waals surface area contributed by atoms with E-state index >= 15 is 0 Å². The van der Waals surface area contributed by atoms with E-state index in [1.54, 1.807) is 7.11 Å². The molecule has 168 valence electrons. The van der Waals surface area contributed by atoms with Gasteiger partial charge in [0.25, 0.3) is 0 Å². The van der Waals surface area contributed by atoms with E-state index in [-0.39, 0.29) is 0 Å². The molecule has 0 aliphatic carbocycles. The summed E-state index contributed by atoms with van der Waals surface area (Å²) in [5, 5.41) is 0. The molecule has 1 nitrogen and oxygen atoms in total. The standard InChI is InChI=1S/C28H50O/c1-5-7-9-11-13-14-16-18-23-28(3,22-17-15-12-10-8-6-2)25-26-20-19-21-27(24-26)29-4/h19-21,24H,5-18,22-23,25H2,1-4H3.